The number of carbonyl (C=O) groups excluding carboxylic acids is 1. The molecule has 3 heterocycles. The Morgan fingerprint density at radius 3 is 2.87 bits per heavy atom. The quantitative estimate of drug-likeness (QED) is 0.900. The monoisotopic (exact) mass is 317 g/mol. The van der Waals surface area contributed by atoms with Gasteiger partial charge in [0, 0.05) is 45.5 Å². The molecule has 5 heteroatoms. The average molecular weight is 317 g/mol. The molecule has 0 radical (unpaired) electrons. The molecule has 5 nitrogen and oxygen atoms in total. The van der Waals surface area contributed by atoms with Crippen LogP contribution >= 0.6 is 0 Å². The Balaban J connectivity index is 1.26. The fourth-order valence-electron chi connectivity index (χ4n) is 4.34. The molecule has 23 heavy (non-hydrogen) atoms. The zero-order valence-electron chi connectivity index (χ0n) is 14.0. The van der Waals surface area contributed by atoms with E-state index in [2.05, 4.69) is 10.2 Å². The number of nitrogens with one attached hydrogen (secondary N) is 1. The Hall–Kier alpha value is -1.33. The van der Waals surface area contributed by atoms with Crippen LogP contribution in [0.25, 0.3) is 0 Å². The molecule has 1 N–H and O–H groups in total. The van der Waals surface area contributed by atoms with E-state index in [0.29, 0.717) is 5.92 Å². The van der Waals surface area contributed by atoms with Gasteiger partial charge in [0.05, 0.1) is 5.60 Å². The number of aromatic nitrogens is 1. The Labute approximate surface area is 138 Å². The van der Waals surface area contributed by atoms with Gasteiger partial charge in [-0.1, -0.05) is 6.42 Å². The molecule has 0 bridgehead atoms. The van der Waals surface area contributed by atoms with E-state index in [-0.39, 0.29) is 11.5 Å². The number of carbonyl (C=O) groups is 1. The third-order valence-electron chi connectivity index (χ3n) is 6.09. The predicted molar refractivity (Wildman–Crippen MR) is 88.4 cm³/mol. The normalized spacial score (nSPS) is 26.9. The molecule has 3 fully saturated rings. The highest BCUT2D eigenvalue weighted by Crippen LogP contribution is 2.44. The first-order valence-electron chi connectivity index (χ1n) is 8.95. The van der Waals surface area contributed by atoms with Crippen LogP contribution in [0.5, 0.6) is 0 Å². The van der Waals surface area contributed by atoms with Crippen molar-refractivity contribution < 1.29 is 9.53 Å². The van der Waals surface area contributed by atoms with Crippen molar-refractivity contribution in [3.8, 4) is 0 Å². The molecular weight excluding hydrogens is 290 g/mol. The van der Waals surface area contributed by atoms with Gasteiger partial charge in [0.25, 0.3) is 5.91 Å². The van der Waals surface area contributed by atoms with Gasteiger partial charge < -0.3 is 14.6 Å². The number of rotatable bonds is 5. The average Bonchev–Trinajstić information content (AvgIpc) is 3.03. The van der Waals surface area contributed by atoms with Crippen molar-refractivity contribution in [1.82, 2.24) is 14.8 Å². The second-order valence-corrected chi connectivity index (χ2v) is 7.44. The zero-order chi connectivity index (χ0) is 15.9. The summed E-state index contributed by atoms with van der Waals surface area (Å²) in [5, 5.41) is 3.07. The molecule has 1 amide bonds. The minimum absolute atomic E-state index is 0.0233. The highest BCUT2D eigenvalue weighted by Gasteiger charge is 2.54. The topological polar surface area (TPSA) is 46.5 Å². The number of amides is 1. The number of hydrogen-bond acceptors (Lipinski definition) is 3. The Morgan fingerprint density at radius 2 is 2.22 bits per heavy atom. The van der Waals surface area contributed by atoms with Crippen LogP contribution in [-0.4, -0.2) is 53.3 Å². The Bertz CT molecular complexity index is 573. The summed E-state index contributed by atoms with van der Waals surface area (Å²) in [4.78, 5) is 14.8. The smallest absolute Gasteiger partial charge is 0.267 e. The van der Waals surface area contributed by atoms with Crippen LogP contribution in [0.3, 0.4) is 0 Å². The standard InChI is InChI=1S/C18H27N3O2/c1-20-10-3-6-16(20)17(22)19-9-7-14-8-11-23-18(14)12-21(13-18)15-4-2-5-15/h3,6,10,14-15H,2,4-5,7-9,11-13H2,1H3,(H,19,22). The minimum Gasteiger partial charge on any atom is -0.372 e. The Morgan fingerprint density at radius 1 is 1.39 bits per heavy atom. The van der Waals surface area contributed by atoms with Crippen molar-refractivity contribution in [1.29, 1.82) is 0 Å². The number of aryl methyl sites for hydroxylation is 1. The summed E-state index contributed by atoms with van der Waals surface area (Å²) in [7, 11) is 1.90. The summed E-state index contributed by atoms with van der Waals surface area (Å²) in [6, 6.07) is 4.58. The Kier molecular flexibility index (Phi) is 3.93. The summed E-state index contributed by atoms with van der Waals surface area (Å²) < 4.78 is 7.99. The van der Waals surface area contributed by atoms with Gasteiger partial charge in [-0.15, -0.1) is 0 Å². The summed E-state index contributed by atoms with van der Waals surface area (Å²) in [6.45, 7) is 3.83. The molecule has 1 spiro atoms. The molecular formula is C18H27N3O2. The van der Waals surface area contributed by atoms with Crippen LogP contribution in [0.15, 0.2) is 18.3 Å². The molecule has 2 saturated heterocycles. The van der Waals surface area contributed by atoms with Crippen LogP contribution in [0.1, 0.15) is 42.6 Å². The largest absolute Gasteiger partial charge is 0.372 e. The fraction of sp³-hybridized carbons (Fsp3) is 0.722. The van der Waals surface area contributed by atoms with E-state index < -0.39 is 0 Å². The van der Waals surface area contributed by atoms with E-state index >= 15 is 0 Å². The lowest BCUT2D eigenvalue weighted by Gasteiger charge is -2.55. The molecule has 126 valence electrons. The molecule has 1 atom stereocenters. The van der Waals surface area contributed by atoms with Crippen LogP contribution in [0, 0.1) is 5.92 Å². The molecule has 0 aromatic carbocycles. The van der Waals surface area contributed by atoms with Crippen molar-refractivity contribution in [2.24, 2.45) is 13.0 Å². The minimum atomic E-state index is 0.0233. The van der Waals surface area contributed by atoms with Crippen molar-refractivity contribution >= 4 is 5.91 Å². The lowest BCUT2D eigenvalue weighted by Crippen LogP contribution is -2.68. The molecule has 1 aromatic heterocycles. The van der Waals surface area contributed by atoms with Crippen molar-refractivity contribution in [3.05, 3.63) is 24.0 Å². The second-order valence-electron chi connectivity index (χ2n) is 7.44. The lowest BCUT2D eigenvalue weighted by molar-refractivity contribution is -0.156. The van der Waals surface area contributed by atoms with E-state index in [1.165, 1.54) is 19.3 Å². The van der Waals surface area contributed by atoms with Crippen molar-refractivity contribution in [2.45, 2.75) is 43.7 Å². The SMILES string of the molecule is Cn1cccc1C(=O)NCCC1CCOC12CN(C1CCC1)C2. The summed E-state index contributed by atoms with van der Waals surface area (Å²) in [5.41, 5.74) is 0.813. The first kappa shape index (κ1) is 15.2. The van der Waals surface area contributed by atoms with Gasteiger partial charge in [0.2, 0.25) is 0 Å². The van der Waals surface area contributed by atoms with Crippen LogP contribution < -0.4 is 5.32 Å². The zero-order valence-corrected chi connectivity index (χ0v) is 14.0. The first-order valence-corrected chi connectivity index (χ1v) is 8.95. The van der Waals surface area contributed by atoms with Gasteiger partial charge in [-0.3, -0.25) is 9.69 Å². The molecule has 4 rings (SSSR count). The highest BCUT2D eigenvalue weighted by molar-refractivity contribution is 5.92. The van der Waals surface area contributed by atoms with E-state index in [4.69, 9.17) is 4.74 Å². The lowest BCUT2D eigenvalue weighted by atomic mass is 9.76. The first-order chi connectivity index (χ1) is 11.2. The summed E-state index contributed by atoms with van der Waals surface area (Å²) >= 11 is 0. The molecule has 2 aliphatic heterocycles. The van der Waals surface area contributed by atoms with Crippen LogP contribution in [0.2, 0.25) is 0 Å². The van der Waals surface area contributed by atoms with Gasteiger partial charge in [-0.25, -0.2) is 0 Å². The van der Waals surface area contributed by atoms with E-state index in [1.807, 2.05) is 29.9 Å². The number of ether oxygens (including phenoxy) is 1. The maximum Gasteiger partial charge on any atom is 0.267 e. The molecule has 1 aromatic rings. The fourth-order valence-corrected chi connectivity index (χ4v) is 4.34. The molecule has 1 saturated carbocycles. The second kappa shape index (κ2) is 5.95. The molecule has 1 aliphatic carbocycles. The van der Waals surface area contributed by atoms with Gasteiger partial charge in [-0.2, -0.15) is 0 Å². The van der Waals surface area contributed by atoms with Crippen molar-refractivity contribution in [3.63, 3.8) is 0 Å². The maximum atomic E-state index is 12.2. The van der Waals surface area contributed by atoms with Crippen LogP contribution in [0.4, 0.5) is 0 Å². The predicted octanol–water partition coefficient (Wildman–Crippen LogP) is 1.79. The highest BCUT2D eigenvalue weighted by atomic mass is 16.5. The van der Waals surface area contributed by atoms with E-state index in [1.54, 1.807) is 0 Å². The number of nitrogens with zero attached hydrogens (tertiary/aromatic N) is 2. The third-order valence-corrected chi connectivity index (χ3v) is 6.09. The van der Waals surface area contributed by atoms with Gasteiger partial charge in [0.1, 0.15) is 5.69 Å². The van der Waals surface area contributed by atoms with Gasteiger partial charge in [0.15, 0.2) is 0 Å². The van der Waals surface area contributed by atoms with E-state index in [0.717, 1.165) is 50.8 Å². The molecule has 1 unspecified atom stereocenters. The third kappa shape index (κ3) is 2.70. The van der Waals surface area contributed by atoms with Gasteiger partial charge in [-0.05, 0) is 43.7 Å². The molecule has 3 aliphatic rings. The van der Waals surface area contributed by atoms with E-state index in [9.17, 15) is 4.79 Å². The van der Waals surface area contributed by atoms with Gasteiger partial charge >= 0.3 is 0 Å². The van der Waals surface area contributed by atoms with Crippen LogP contribution in [-0.2, 0) is 11.8 Å². The summed E-state index contributed by atoms with van der Waals surface area (Å²) in [5.74, 6) is 0.614. The maximum absolute atomic E-state index is 12.2. The number of hydrogen-bond donors (Lipinski definition) is 1. The summed E-state index contributed by atoms with van der Waals surface area (Å²) in [6.07, 6.45) is 8.19. The van der Waals surface area contributed by atoms with Crippen molar-refractivity contribution in [2.75, 3.05) is 26.2 Å². The number of likely N-dealkylation sites (tertiary alicyclic amines) is 1.